The fourth-order valence-corrected chi connectivity index (χ4v) is 7.17. The molecule has 4 aromatic rings. The molecule has 0 radical (unpaired) electrons. The number of hydrogen-bond acceptors (Lipinski definition) is 5. The molecule has 0 aliphatic heterocycles. The molecule has 4 rings (SSSR count). The van der Waals surface area contributed by atoms with E-state index in [0.29, 0.717) is 0 Å². The van der Waals surface area contributed by atoms with Gasteiger partial charge in [0.05, 0.1) is 19.2 Å². The fraction of sp³-hybridized carbons (Fsp3) is 0.250. The maximum atomic E-state index is 11.1. The predicted octanol–water partition coefficient (Wildman–Crippen LogP) is 8.13. The van der Waals surface area contributed by atoms with Gasteiger partial charge in [-0.1, -0.05) is 63.2 Å². The van der Waals surface area contributed by atoms with Crippen LogP contribution in [-0.4, -0.2) is 5.97 Å². The number of carbonyl (C=O) groups is 1. The number of carbonyl (C=O) groups excluding carboxylic acids is 1. The number of fused-ring (bicyclic) bond motifs is 3. The van der Waals surface area contributed by atoms with E-state index in [0.717, 1.165) is 27.8 Å². The van der Waals surface area contributed by atoms with Crippen LogP contribution in [0.15, 0.2) is 49.1 Å². The monoisotopic (exact) mass is 488 g/mol. The quantitative estimate of drug-likeness (QED) is 0.114. The average molecular weight is 489 g/mol. The largest absolute Gasteiger partial charge is 0.369 e. The summed E-state index contributed by atoms with van der Waals surface area (Å²) in [6, 6.07) is 12.9. The lowest BCUT2D eigenvalue weighted by atomic mass is 10.0. The van der Waals surface area contributed by atoms with Crippen molar-refractivity contribution in [2.24, 2.45) is 0 Å². The molecule has 0 spiro atoms. The summed E-state index contributed by atoms with van der Waals surface area (Å²) in [5, 5.41) is 0. The van der Waals surface area contributed by atoms with Gasteiger partial charge < -0.3 is 4.74 Å². The van der Waals surface area contributed by atoms with Crippen molar-refractivity contribution < 1.29 is 9.53 Å². The van der Waals surface area contributed by atoms with Crippen LogP contribution in [-0.2, 0) is 16.0 Å². The number of hydrogen-bond donors (Lipinski definition) is 0. The SMILES string of the molecule is C=CC(=O)OC#Cc1cc2sc3cc(C#Cc4ccc(CCCCCCC)cc4)sc3c2s1. The van der Waals surface area contributed by atoms with E-state index in [2.05, 4.69) is 67.7 Å². The van der Waals surface area contributed by atoms with Gasteiger partial charge in [0, 0.05) is 21.0 Å². The van der Waals surface area contributed by atoms with Gasteiger partial charge in [0.25, 0.3) is 0 Å². The smallest absolute Gasteiger partial charge is 0.344 e. The molecule has 0 bridgehead atoms. The highest BCUT2D eigenvalue weighted by Gasteiger charge is 2.12. The molecule has 0 unspecified atom stereocenters. The van der Waals surface area contributed by atoms with Gasteiger partial charge in [0.15, 0.2) is 0 Å². The van der Waals surface area contributed by atoms with E-state index in [1.807, 2.05) is 6.07 Å². The molecular formula is C28H24O2S3. The summed E-state index contributed by atoms with van der Waals surface area (Å²) in [6.07, 6.45) is 11.3. The van der Waals surface area contributed by atoms with Crippen molar-refractivity contribution >= 4 is 58.8 Å². The van der Waals surface area contributed by atoms with Crippen LogP contribution in [0, 0.1) is 23.9 Å². The minimum absolute atomic E-state index is 0.540. The Labute approximate surface area is 206 Å². The van der Waals surface area contributed by atoms with Gasteiger partial charge in [0.2, 0.25) is 0 Å². The van der Waals surface area contributed by atoms with E-state index in [1.165, 1.54) is 56.5 Å². The van der Waals surface area contributed by atoms with E-state index in [9.17, 15) is 4.79 Å². The zero-order valence-corrected chi connectivity index (χ0v) is 21.0. The Morgan fingerprint density at radius 1 is 0.909 bits per heavy atom. The Balaban J connectivity index is 1.42. The molecule has 0 fully saturated rings. The molecule has 3 aromatic heterocycles. The fourth-order valence-electron chi connectivity index (χ4n) is 3.45. The van der Waals surface area contributed by atoms with Crippen molar-refractivity contribution in [3.8, 4) is 23.9 Å². The predicted molar refractivity (Wildman–Crippen MR) is 143 cm³/mol. The summed E-state index contributed by atoms with van der Waals surface area (Å²) in [7, 11) is 0. The summed E-state index contributed by atoms with van der Waals surface area (Å²) < 4.78 is 9.67. The van der Waals surface area contributed by atoms with Crippen molar-refractivity contribution in [2.75, 3.05) is 0 Å². The number of rotatable bonds is 7. The maximum absolute atomic E-state index is 11.1. The van der Waals surface area contributed by atoms with E-state index in [4.69, 9.17) is 4.74 Å². The number of ether oxygens (including phenoxy) is 1. The summed E-state index contributed by atoms with van der Waals surface area (Å²) in [4.78, 5) is 13.1. The van der Waals surface area contributed by atoms with E-state index < -0.39 is 5.97 Å². The molecule has 166 valence electrons. The van der Waals surface area contributed by atoms with Gasteiger partial charge in [-0.15, -0.1) is 34.0 Å². The highest BCUT2D eigenvalue weighted by molar-refractivity contribution is 7.38. The van der Waals surface area contributed by atoms with Crippen LogP contribution in [0.4, 0.5) is 0 Å². The van der Waals surface area contributed by atoms with Crippen LogP contribution in [0.1, 0.15) is 59.9 Å². The first-order chi connectivity index (χ1) is 16.2. The lowest BCUT2D eigenvalue weighted by molar-refractivity contribution is -0.131. The lowest BCUT2D eigenvalue weighted by Crippen LogP contribution is -1.92. The molecule has 0 N–H and O–H groups in total. The van der Waals surface area contributed by atoms with Crippen molar-refractivity contribution in [1.29, 1.82) is 0 Å². The molecule has 0 atom stereocenters. The van der Waals surface area contributed by atoms with Gasteiger partial charge in [-0.2, -0.15) is 0 Å². The van der Waals surface area contributed by atoms with Crippen molar-refractivity contribution in [3.63, 3.8) is 0 Å². The first-order valence-electron chi connectivity index (χ1n) is 11.1. The summed E-state index contributed by atoms with van der Waals surface area (Å²) in [5.41, 5.74) is 2.45. The number of esters is 1. The van der Waals surface area contributed by atoms with Crippen molar-refractivity contribution in [2.45, 2.75) is 45.4 Å². The average Bonchev–Trinajstić information content (AvgIpc) is 3.48. The Morgan fingerprint density at radius 2 is 1.58 bits per heavy atom. The Hall–Kier alpha value is -2.83. The van der Waals surface area contributed by atoms with E-state index >= 15 is 0 Å². The van der Waals surface area contributed by atoms with Gasteiger partial charge in [-0.05, 0) is 48.6 Å². The van der Waals surface area contributed by atoms with Crippen molar-refractivity contribution in [1.82, 2.24) is 0 Å². The van der Waals surface area contributed by atoms with Gasteiger partial charge in [-0.25, -0.2) is 4.79 Å². The molecule has 33 heavy (non-hydrogen) atoms. The third-order valence-corrected chi connectivity index (χ3v) is 8.78. The molecule has 0 amide bonds. The molecule has 0 saturated heterocycles. The minimum atomic E-state index is -0.540. The van der Waals surface area contributed by atoms with Crippen LogP contribution in [0.2, 0.25) is 0 Å². The van der Waals surface area contributed by atoms with Gasteiger partial charge in [0.1, 0.15) is 6.11 Å². The second kappa shape index (κ2) is 11.3. The van der Waals surface area contributed by atoms with E-state index in [1.54, 1.807) is 34.0 Å². The number of aryl methyl sites for hydroxylation is 1. The first-order valence-corrected chi connectivity index (χ1v) is 13.5. The topological polar surface area (TPSA) is 26.3 Å². The zero-order valence-electron chi connectivity index (χ0n) is 18.5. The summed E-state index contributed by atoms with van der Waals surface area (Å²) in [5.74, 6) is 8.99. The maximum Gasteiger partial charge on any atom is 0.344 e. The van der Waals surface area contributed by atoms with Crippen LogP contribution < -0.4 is 0 Å². The van der Waals surface area contributed by atoms with Crippen molar-refractivity contribution in [3.05, 3.63) is 69.9 Å². The molecule has 5 heteroatoms. The first kappa shape index (κ1) is 23.3. The molecular weight excluding hydrogens is 465 g/mol. The third kappa shape index (κ3) is 6.15. The molecule has 0 aliphatic carbocycles. The standard InChI is InChI=1S/C28H24O2S3/c1-3-5-6-7-8-9-20-10-12-21(13-11-20)14-15-22-18-24-27(31-22)28-25(33-24)19-23(32-28)16-17-30-26(29)4-2/h4,10-13,18-19H,2-3,5-9H2,1H3. The Kier molecular flexibility index (Phi) is 8.02. The highest BCUT2D eigenvalue weighted by atomic mass is 32.1. The highest BCUT2D eigenvalue weighted by Crippen LogP contribution is 2.43. The minimum Gasteiger partial charge on any atom is -0.369 e. The Morgan fingerprint density at radius 3 is 2.24 bits per heavy atom. The summed E-state index contributed by atoms with van der Waals surface area (Å²) in [6.45, 7) is 5.61. The van der Waals surface area contributed by atoms with E-state index in [-0.39, 0.29) is 0 Å². The lowest BCUT2D eigenvalue weighted by Gasteiger charge is -2.01. The van der Waals surface area contributed by atoms with Crippen LogP contribution in [0.5, 0.6) is 0 Å². The summed E-state index contributed by atoms with van der Waals surface area (Å²) >= 11 is 5.08. The zero-order chi connectivity index (χ0) is 23.0. The number of benzene rings is 1. The third-order valence-electron chi connectivity index (χ3n) is 5.17. The van der Waals surface area contributed by atoms with Gasteiger partial charge in [-0.3, -0.25) is 0 Å². The second-order valence-electron chi connectivity index (χ2n) is 7.67. The van der Waals surface area contributed by atoms with Gasteiger partial charge >= 0.3 is 5.97 Å². The van der Waals surface area contributed by atoms with Crippen LogP contribution in [0.25, 0.3) is 18.8 Å². The molecule has 2 nitrogen and oxygen atoms in total. The van der Waals surface area contributed by atoms with Crippen LogP contribution in [0.3, 0.4) is 0 Å². The molecule has 3 heterocycles. The number of unbranched alkanes of at least 4 members (excludes halogenated alkanes) is 4. The molecule has 1 aromatic carbocycles. The second-order valence-corrected chi connectivity index (χ2v) is 10.9. The molecule has 0 aliphatic rings. The van der Waals surface area contributed by atoms with Crippen LogP contribution >= 0.6 is 34.0 Å². The Bertz CT molecular complexity index is 1390. The normalized spacial score (nSPS) is 10.5. The number of thiophene rings is 3. The molecule has 0 saturated carbocycles.